The van der Waals surface area contributed by atoms with Crippen molar-refractivity contribution in [3.63, 3.8) is 0 Å². The third-order valence-electron chi connectivity index (χ3n) is 4.97. The van der Waals surface area contributed by atoms with Gasteiger partial charge < -0.3 is 14.4 Å². The highest BCUT2D eigenvalue weighted by Crippen LogP contribution is 2.33. The van der Waals surface area contributed by atoms with E-state index in [-0.39, 0.29) is 12.7 Å². The minimum Gasteiger partial charge on any atom is -0.454 e. The fourth-order valence-electron chi connectivity index (χ4n) is 3.54. The van der Waals surface area contributed by atoms with Crippen LogP contribution in [0.5, 0.6) is 11.5 Å². The number of amides is 1. The number of carbonyl (C=O) groups excluding carboxylic acids is 1. The molecule has 1 aliphatic rings. The number of fused-ring (bicyclic) bond motifs is 2. The molecule has 0 aliphatic carbocycles. The summed E-state index contributed by atoms with van der Waals surface area (Å²) in [4.78, 5) is 19.8. The van der Waals surface area contributed by atoms with Crippen LogP contribution in [-0.4, -0.2) is 17.7 Å². The zero-order valence-electron chi connectivity index (χ0n) is 15.6. The van der Waals surface area contributed by atoms with Crippen LogP contribution in [0.3, 0.4) is 0 Å². The van der Waals surface area contributed by atoms with Crippen LogP contribution in [-0.2, 0) is 6.54 Å². The lowest BCUT2D eigenvalue weighted by molar-refractivity contribution is 0.0986. The number of pyridine rings is 1. The fourth-order valence-corrected chi connectivity index (χ4v) is 3.54. The molecule has 142 valence electrons. The van der Waals surface area contributed by atoms with E-state index >= 15 is 0 Å². The molecular formula is C24H18N2O3. The van der Waals surface area contributed by atoms with E-state index in [1.165, 1.54) is 0 Å². The van der Waals surface area contributed by atoms with Crippen molar-refractivity contribution >= 4 is 22.5 Å². The summed E-state index contributed by atoms with van der Waals surface area (Å²) in [5, 5.41) is 0.839. The highest BCUT2D eigenvalue weighted by Gasteiger charge is 2.22. The molecule has 1 aromatic heterocycles. The summed E-state index contributed by atoms with van der Waals surface area (Å²) in [5.74, 6) is 1.36. The lowest BCUT2D eigenvalue weighted by Gasteiger charge is -2.24. The first-order valence-electron chi connectivity index (χ1n) is 9.39. The molecule has 5 nitrogen and oxygen atoms in total. The van der Waals surface area contributed by atoms with Gasteiger partial charge in [-0.2, -0.15) is 0 Å². The number of anilines is 1. The van der Waals surface area contributed by atoms with Gasteiger partial charge in [0, 0.05) is 17.3 Å². The molecule has 29 heavy (non-hydrogen) atoms. The summed E-state index contributed by atoms with van der Waals surface area (Å²) in [7, 11) is 0. The van der Waals surface area contributed by atoms with Gasteiger partial charge in [-0.3, -0.25) is 9.78 Å². The van der Waals surface area contributed by atoms with E-state index in [9.17, 15) is 4.79 Å². The zero-order valence-corrected chi connectivity index (χ0v) is 15.6. The molecule has 0 bridgehead atoms. The molecule has 5 rings (SSSR count). The molecule has 0 N–H and O–H groups in total. The number of ether oxygens (including phenoxy) is 2. The van der Waals surface area contributed by atoms with Gasteiger partial charge >= 0.3 is 0 Å². The third kappa shape index (κ3) is 3.27. The molecule has 1 aliphatic heterocycles. The standard InChI is InChI=1S/C24H18N2O3/c27-24(20-12-13-25-21-9-5-4-8-19(20)21)26(18-6-2-1-3-7-18)15-17-10-11-22-23(14-17)29-16-28-22/h1-14H,15-16H2. The number of nitrogens with zero attached hydrogens (tertiary/aromatic N) is 2. The summed E-state index contributed by atoms with van der Waals surface area (Å²) < 4.78 is 10.9. The van der Waals surface area contributed by atoms with Crippen LogP contribution < -0.4 is 14.4 Å². The van der Waals surface area contributed by atoms with Gasteiger partial charge in [-0.1, -0.05) is 42.5 Å². The Labute approximate surface area is 168 Å². The molecule has 0 atom stereocenters. The normalized spacial score (nSPS) is 12.1. The summed E-state index contributed by atoms with van der Waals surface area (Å²) in [6.07, 6.45) is 1.68. The molecule has 0 unspecified atom stereocenters. The third-order valence-corrected chi connectivity index (χ3v) is 4.97. The van der Waals surface area contributed by atoms with Crippen LogP contribution in [0.4, 0.5) is 5.69 Å². The molecule has 0 saturated carbocycles. The Morgan fingerprint density at radius 3 is 2.59 bits per heavy atom. The lowest BCUT2D eigenvalue weighted by Crippen LogP contribution is -2.30. The molecule has 2 heterocycles. The predicted molar refractivity (Wildman–Crippen MR) is 111 cm³/mol. The average molecular weight is 382 g/mol. The van der Waals surface area contributed by atoms with Crippen molar-refractivity contribution < 1.29 is 14.3 Å². The topological polar surface area (TPSA) is 51.7 Å². The van der Waals surface area contributed by atoms with Crippen molar-refractivity contribution in [2.24, 2.45) is 0 Å². The fraction of sp³-hybridized carbons (Fsp3) is 0.0833. The van der Waals surface area contributed by atoms with E-state index in [0.717, 1.165) is 27.9 Å². The average Bonchev–Trinajstić information content (AvgIpc) is 3.25. The Morgan fingerprint density at radius 2 is 1.69 bits per heavy atom. The number of hydrogen-bond donors (Lipinski definition) is 0. The van der Waals surface area contributed by atoms with E-state index in [1.54, 1.807) is 17.2 Å². The van der Waals surface area contributed by atoms with Crippen LogP contribution >= 0.6 is 0 Å². The van der Waals surface area contributed by atoms with Gasteiger partial charge in [0.2, 0.25) is 6.79 Å². The maximum Gasteiger partial charge on any atom is 0.259 e. The highest BCUT2D eigenvalue weighted by molar-refractivity contribution is 6.13. The first-order chi connectivity index (χ1) is 14.3. The van der Waals surface area contributed by atoms with Crippen molar-refractivity contribution in [2.45, 2.75) is 6.54 Å². The van der Waals surface area contributed by atoms with Gasteiger partial charge in [-0.15, -0.1) is 0 Å². The van der Waals surface area contributed by atoms with Gasteiger partial charge in [-0.25, -0.2) is 0 Å². The van der Waals surface area contributed by atoms with Crippen LogP contribution in [0.15, 0.2) is 85.1 Å². The van der Waals surface area contributed by atoms with E-state index in [0.29, 0.717) is 17.9 Å². The molecule has 0 saturated heterocycles. The molecule has 0 spiro atoms. The number of aromatic nitrogens is 1. The monoisotopic (exact) mass is 382 g/mol. The van der Waals surface area contributed by atoms with Gasteiger partial charge in [0.25, 0.3) is 5.91 Å². The maximum atomic E-state index is 13.6. The molecular weight excluding hydrogens is 364 g/mol. The Hall–Kier alpha value is -3.86. The number of rotatable bonds is 4. The SMILES string of the molecule is O=C(c1ccnc2ccccc12)N(Cc1ccc2c(c1)OCO2)c1ccccc1. The Bertz CT molecular complexity index is 1190. The minimum atomic E-state index is -0.0764. The number of para-hydroxylation sites is 2. The molecule has 5 heteroatoms. The Balaban J connectivity index is 1.56. The first-order valence-corrected chi connectivity index (χ1v) is 9.39. The summed E-state index contributed by atoms with van der Waals surface area (Å²) >= 11 is 0. The minimum absolute atomic E-state index is 0.0764. The maximum absolute atomic E-state index is 13.6. The molecule has 0 radical (unpaired) electrons. The van der Waals surface area contributed by atoms with Crippen LogP contribution in [0.2, 0.25) is 0 Å². The smallest absolute Gasteiger partial charge is 0.259 e. The first kappa shape index (κ1) is 17.3. The largest absolute Gasteiger partial charge is 0.454 e. The van der Waals surface area contributed by atoms with Gasteiger partial charge in [0.15, 0.2) is 11.5 Å². The quantitative estimate of drug-likeness (QED) is 0.508. The van der Waals surface area contributed by atoms with E-state index < -0.39 is 0 Å². The van der Waals surface area contributed by atoms with Crippen molar-refractivity contribution in [2.75, 3.05) is 11.7 Å². The summed E-state index contributed by atoms with van der Waals surface area (Å²) in [6, 6.07) is 24.9. The predicted octanol–water partition coefficient (Wildman–Crippen LogP) is 4.81. The second-order valence-electron chi connectivity index (χ2n) is 6.79. The van der Waals surface area contributed by atoms with E-state index in [4.69, 9.17) is 9.47 Å². The van der Waals surface area contributed by atoms with Crippen molar-refractivity contribution in [3.8, 4) is 11.5 Å². The summed E-state index contributed by atoms with van der Waals surface area (Å²) in [5.41, 5.74) is 3.22. The van der Waals surface area contributed by atoms with Gasteiger partial charge in [0.05, 0.1) is 17.6 Å². The molecule has 3 aromatic carbocycles. The number of carbonyl (C=O) groups is 1. The molecule has 0 fully saturated rings. The van der Waals surface area contributed by atoms with Crippen molar-refractivity contribution in [3.05, 3.63) is 96.2 Å². The zero-order chi connectivity index (χ0) is 19.6. The van der Waals surface area contributed by atoms with Crippen molar-refractivity contribution in [1.82, 2.24) is 4.98 Å². The number of hydrogen-bond acceptors (Lipinski definition) is 4. The second kappa shape index (κ2) is 7.28. The molecule has 1 amide bonds. The number of benzene rings is 3. The van der Waals surface area contributed by atoms with Crippen LogP contribution in [0, 0.1) is 0 Å². The second-order valence-corrected chi connectivity index (χ2v) is 6.79. The Kier molecular flexibility index (Phi) is 4.33. The van der Waals surface area contributed by atoms with E-state index in [1.807, 2.05) is 72.8 Å². The Morgan fingerprint density at radius 1 is 0.897 bits per heavy atom. The van der Waals surface area contributed by atoms with E-state index in [2.05, 4.69) is 4.98 Å². The van der Waals surface area contributed by atoms with Gasteiger partial charge in [0.1, 0.15) is 0 Å². The highest BCUT2D eigenvalue weighted by atomic mass is 16.7. The summed E-state index contributed by atoms with van der Waals surface area (Å²) in [6.45, 7) is 0.638. The molecule has 4 aromatic rings. The van der Waals surface area contributed by atoms with Crippen LogP contribution in [0.1, 0.15) is 15.9 Å². The lowest BCUT2D eigenvalue weighted by atomic mass is 10.1. The van der Waals surface area contributed by atoms with Crippen LogP contribution in [0.25, 0.3) is 10.9 Å². The van der Waals surface area contributed by atoms with Gasteiger partial charge in [-0.05, 0) is 42.0 Å². The van der Waals surface area contributed by atoms with Crippen molar-refractivity contribution in [1.29, 1.82) is 0 Å².